The second kappa shape index (κ2) is 4.07. The summed E-state index contributed by atoms with van der Waals surface area (Å²) in [6.45, 7) is 1.40. The zero-order chi connectivity index (χ0) is 10.3. The second-order valence-electron chi connectivity index (χ2n) is 4.17. The number of aliphatic hydroxyl groups is 1. The minimum absolute atomic E-state index is 0. The van der Waals surface area contributed by atoms with E-state index in [1.54, 1.807) is 0 Å². The van der Waals surface area contributed by atoms with Crippen LogP contribution >= 0.6 is 12.4 Å². The third kappa shape index (κ3) is 1.51. The first-order chi connectivity index (χ1) is 7.31. The Labute approximate surface area is 101 Å². The lowest BCUT2D eigenvalue weighted by Crippen LogP contribution is -2.44. The van der Waals surface area contributed by atoms with Gasteiger partial charge in [-0.05, 0) is 6.42 Å². The van der Waals surface area contributed by atoms with E-state index in [1.165, 1.54) is 0 Å². The summed E-state index contributed by atoms with van der Waals surface area (Å²) in [6.07, 6.45) is 2.11. The van der Waals surface area contributed by atoms with Crippen molar-refractivity contribution in [2.45, 2.75) is 18.6 Å². The molecule has 2 heterocycles. The third-order valence-electron chi connectivity index (χ3n) is 3.26. The molecule has 1 atom stereocenters. The number of aliphatic imine (C=N–C) groups is 1. The number of rotatable bonds is 1. The van der Waals surface area contributed by atoms with E-state index in [9.17, 15) is 5.11 Å². The summed E-state index contributed by atoms with van der Waals surface area (Å²) in [4.78, 5) is 6.46. The van der Waals surface area contributed by atoms with Crippen molar-refractivity contribution in [1.82, 2.24) is 4.90 Å². The molecular formula is C12H15ClN2O. The fourth-order valence-electron chi connectivity index (χ4n) is 2.46. The average Bonchev–Trinajstić information content (AvgIpc) is 2.85. The lowest BCUT2D eigenvalue weighted by atomic mass is 10.0. The van der Waals surface area contributed by atoms with Crippen molar-refractivity contribution in [3.8, 4) is 0 Å². The molecule has 2 aliphatic rings. The van der Waals surface area contributed by atoms with E-state index < -0.39 is 5.72 Å². The van der Waals surface area contributed by atoms with Crippen LogP contribution < -0.4 is 0 Å². The number of hydrogen-bond acceptors (Lipinski definition) is 3. The largest absolute Gasteiger partial charge is 0.365 e. The number of nitrogens with zero attached hydrogens (tertiary/aromatic N) is 2. The topological polar surface area (TPSA) is 35.8 Å². The molecule has 0 amide bonds. The second-order valence-corrected chi connectivity index (χ2v) is 4.17. The maximum Gasteiger partial charge on any atom is 0.185 e. The van der Waals surface area contributed by atoms with Crippen LogP contribution in [0.4, 0.5) is 0 Å². The van der Waals surface area contributed by atoms with Gasteiger partial charge in [0.05, 0.1) is 6.54 Å². The molecule has 0 saturated carbocycles. The first kappa shape index (κ1) is 11.4. The summed E-state index contributed by atoms with van der Waals surface area (Å²) in [6, 6.07) is 9.82. The van der Waals surface area contributed by atoms with Gasteiger partial charge in [0, 0.05) is 18.5 Å². The molecule has 1 aromatic carbocycles. The highest BCUT2D eigenvalue weighted by molar-refractivity contribution is 5.86. The quantitative estimate of drug-likeness (QED) is 0.810. The summed E-state index contributed by atoms with van der Waals surface area (Å²) in [5.41, 5.74) is 0.0678. The molecular weight excluding hydrogens is 224 g/mol. The zero-order valence-electron chi connectivity index (χ0n) is 8.97. The molecule has 1 saturated heterocycles. The Morgan fingerprint density at radius 3 is 2.75 bits per heavy atom. The van der Waals surface area contributed by atoms with Crippen LogP contribution in [0.3, 0.4) is 0 Å². The summed E-state index contributed by atoms with van der Waals surface area (Å²) in [5.74, 6) is 1.07. The Kier molecular flexibility index (Phi) is 2.91. The van der Waals surface area contributed by atoms with Gasteiger partial charge >= 0.3 is 0 Å². The third-order valence-corrected chi connectivity index (χ3v) is 3.26. The Balaban J connectivity index is 0.000000963. The van der Waals surface area contributed by atoms with E-state index in [2.05, 4.69) is 4.99 Å². The highest BCUT2D eigenvalue weighted by Crippen LogP contribution is 2.35. The minimum atomic E-state index is -0.882. The van der Waals surface area contributed by atoms with Gasteiger partial charge in [-0.25, -0.2) is 0 Å². The summed E-state index contributed by atoms with van der Waals surface area (Å²) >= 11 is 0. The van der Waals surface area contributed by atoms with Crippen LogP contribution in [0.15, 0.2) is 35.3 Å². The van der Waals surface area contributed by atoms with Crippen molar-refractivity contribution in [3.63, 3.8) is 0 Å². The van der Waals surface area contributed by atoms with Crippen LogP contribution in [-0.4, -0.2) is 28.9 Å². The molecule has 0 bridgehead atoms. The van der Waals surface area contributed by atoms with Crippen molar-refractivity contribution in [2.75, 3.05) is 13.1 Å². The van der Waals surface area contributed by atoms with Gasteiger partial charge in [-0.1, -0.05) is 30.3 Å². The lowest BCUT2D eigenvalue weighted by molar-refractivity contribution is -0.0511. The number of halogens is 1. The fraction of sp³-hybridized carbons (Fsp3) is 0.417. The van der Waals surface area contributed by atoms with E-state index in [4.69, 9.17) is 0 Å². The Bertz CT molecular complexity index is 407. The van der Waals surface area contributed by atoms with E-state index in [0.29, 0.717) is 6.54 Å². The summed E-state index contributed by atoms with van der Waals surface area (Å²) < 4.78 is 0. The minimum Gasteiger partial charge on any atom is -0.365 e. The van der Waals surface area contributed by atoms with Crippen molar-refractivity contribution >= 4 is 18.2 Å². The van der Waals surface area contributed by atoms with Crippen molar-refractivity contribution in [3.05, 3.63) is 35.9 Å². The van der Waals surface area contributed by atoms with E-state index >= 15 is 0 Å². The molecule has 1 aromatic rings. The van der Waals surface area contributed by atoms with Crippen LogP contribution in [0.25, 0.3) is 0 Å². The molecule has 3 nitrogen and oxygen atoms in total. The van der Waals surface area contributed by atoms with Crippen LogP contribution in [0.2, 0.25) is 0 Å². The van der Waals surface area contributed by atoms with Gasteiger partial charge in [0.1, 0.15) is 5.84 Å². The molecule has 0 radical (unpaired) electrons. The molecule has 16 heavy (non-hydrogen) atoms. The molecule has 0 spiro atoms. The summed E-state index contributed by atoms with van der Waals surface area (Å²) in [5, 5.41) is 10.6. The molecule has 1 fully saturated rings. The molecule has 1 N–H and O–H groups in total. The Morgan fingerprint density at radius 2 is 2.00 bits per heavy atom. The van der Waals surface area contributed by atoms with Crippen LogP contribution in [-0.2, 0) is 5.72 Å². The summed E-state index contributed by atoms with van der Waals surface area (Å²) in [7, 11) is 0. The maximum atomic E-state index is 10.6. The molecule has 1 unspecified atom stereocenters. The standard InChI is InChI=1S/C12H14N2O.ClH/c15-12(10-5-2-1-3-6-10)9-13-11-7-4-8-14(11)12;/h1-3,5-6,15H,4,7-9H2;1H. The van der Waals surface area contributed by atoms with Crippen LogP contribution in [0, 0.1) is 0 Å². The van der Waals surface area contributed by atoms with Crippen LogP contribution in [0.1, 0.15) is 18.4 Å². The predicted octanol–water partition coefficient (Wildman–Crippen LogP) is 1.76. The van der Waals surface area contributed by atoms with Crippen LogP contribution in [0.5, 0.6) is 0 Å². The van der Waals surface area contributed by atoms with Gasteiger partial charge in [0.25, 0.3) is 0 Å². The molecule has 2 aliphatic heterocycles. The molecule has 4 heteroatoms. The highest BCUT2D eigenvalue weighted by Gasteiger charge is 2.44. The number of hydrogen-bond donors (Lipinski definition) is 1. The monoisotopic (exact) mass is 238 g/mol. The van der Waals surface area contributed by atoms with E-state index in [-0.39, 0.29) is 12.4 Å². The number of amidine groups is 1. The lowest BCUT2D eigenvalue weighted by Gasteiger charge is -2.32. The first-order valence-corrected chi connectivity index (χ1v) is 5.39. The average molecular weight is 239 g/mol. The fourth-order valence-corrected chi connectivity index (χ4v) is 2.46. The van der Waals surface area contributed by atoms with Gasteiger partial charge in [0.2, 0.25) is 0 Å². The first-order valence-electron chi connectivity index (χ1n) is 5.39. The molecule has 86 valence electrons. The Morgan fingerprint density at radius 1 is 1.25 bits per heavy atom. The molecule has 0 aliphatic carbocycles. The normalized spacial score (nSPS) is 27.3. The van der Waals surface area contributed by atoms with Gasteiger partial charge in [-0.15, -0.1) is 12.4 Å². The van der Waals surface area contributed by atoms with Crippen molar-refractivity contribution in [1.29, 1.82) is 0 Å². The van der Waals surface area contributed by atoms with E-state index in [1.807, 2.05) is 35.2 Å². The number of benzene rings is 1. The van der Waals surface area contributed by atoms with E-state index in [0.717, 1.165) is 30.8 Å². The zero-order valence-corrected chi connectivity index (χ0v) is 9.78. The predicted molar refractivity (Wildman–Crippen MR) is 65.8 cm³/mol. The van der Waals surface area contributed by atoms with Gasteiger partial charge < -0.3 is 10.0 Å². The smallest absolute Gasteiger partial charge is 0.185 e. The highest BCUT2D eigenvalue weighted by atomic mass is 35.5. The van der Waals surface area contributed by atoms with Gasteiger partial charge in [0.15, 0.2) is 5.72 Å². The Hall–Kier alpha value is -1.06. The maximum absolute atomic E-state index is 10.6. The van der Waals surface area contributed by atoms with Gasteiger partial charge in [-0.3, -0.25) is 4.99 Å². The molecule has 0 aromatic heterocycles. The SMILES string of the molecule is Cl.OC1(c2ccccc2)CN=C2CCCN21. The molecule has 3 rings (SSSR count). The van der Waals surface area contributed by atoms with Crippen molar-refractivity contribution < 1.29 is 5.11 Å². The van der Waals surface area contributed by atoms with Crippen molar-refractivity contribution in [2.24, 2.45) is 4.99 Å². The van der Waals surface area contributed by atoms with Gasteiger partial charge in [-0.2, -0.15) is 0 Å². The number of fused-ring (bicyclic) bond motifs is 1.